The van der Waals surface area contributed by atoms with Crippen molar-refractivity contribution >= 4 is 0 Å². The summed E-state index contributed by atoms with van der Waals surface area (Å²) in [5, 5.41) is 3.52. The van der Waals surface area contributed by atoms with Crippen molar-refractivity contribution in [2.75, 3.05) is 13.7 Å². The summed E-state index contributed by atoms with van der Waals surface area (Å²) in [6.45, 7) is 6.88. The largest absolute Gasteiger partial charge is 0.497 e. The predicted octanol–water partition coefficient (Wildman–Crippen LogP) is 3.70. The Kier molecular flexibility index (Phi) is 6.41. The predicted molar refractivity (Wildman–Crippen MR) is 73.5 cm³/mol. The van der Waals surface area contributed by atoms with Crippen LogP contribution < -0.4 is 10.1 Å². The first-order valence-corrected chi connectivity index (χ1v) is 6.30. The highest BCUT2D eigenvalue weighted by molar-refractivity contribution is 5.30. The molecule has 1 atom stereocenters. The van der Waals surface area contributed by atoms with Crippen molar-refractivity contribution in [1.29, 1.82) is 0 Å². The number of ether oxygens (including phenoxy) is 1. The Labute approximate surface area is 105 Å². The lowest BCUT2D eigenvalue weighted by atomic mass is 10.0. The van der Waals surface area contributed by atoms with Gasteiger partial charge in [-0.25, -0.2) is 0 Å². The fraction of sp³-hybridized carbons (Fsp3) is 0.467. The summed E-state index contributed by atoms with van der Waals surface area (Å²) in [4.78, 5) is 0. The van der Waals surface area contributed by atoms with Crippen LogP contribution in [0.5, 0.6) is 5.75 Å². The molecule has 0 aliphatic rings. The molecular weight excluding hydrogens is 210 g/mol. The molecule has 2 nitrogen and oxygen atoms in total. The van der Waals surface area contributed by atoms with Gasteiger partial charge in [-0.05, 0) is 43.5 Å². The summed E-state index contributed by atoms with van der Waals surface area (Å²) in [6, 6.07) is 8.71. The van der Waals surface area contributed by atoms with Crippen molar-refractivity contribution < 1.29 is 4.74 Å². The lowest BCUT2D eigenvalue weighted by Crippen LogP contribution is -2.20. The third kappa shape index (κ3) is 4.61. The van der Waals surface area contributed by atoms with Crippen molar-refractivity contribution in [2.45, 2.75) is 32.2 Å². The van der Waals surface area contributed by atoms with Crippen LogP contribution in [0.1, 0.15) is 37.8 Å². The molecule has 0 saturated heterocycles. The molecular formula is C15H23NO. The van der Waals surface area contributed by atoms with E-state index in [4.69, 9.17) is 4.74 Å². The lowest BCUT2D eigenvalue weighted by Gasteiger charge is -2.18. The summed E-state index contributed by atoms with van der Waals surface area (Å²) in [7, 11) is 1.71. The molecule has 1 aromatic carbocycles. The molecule has 1 aromatic rings. The zero-order chi connectivity index (χ0) is 12.5. The quantitative estimate of drug-likeness (QED) is 0.546. The molecule has 2 heteroatoms. The number of rotatable bonds is 8. The zero-order valence-electron chi connectivity index (χ0n) is 10.9. The maximum atomic E-state index is 5.26. The number of allylic oxidation sites excluding steroid dienone is 1. The summed E-state index contributed by atoms with van der Waals surface area (Å²) >= 11 is 0. The molecule has 17 heavy (non-hydrogen) atoms. The van der Waals surface area contributed by atoms with Crippen LogP contribution >= 0.6 is 0 Å². The number of methoxy groups -OCH3 is 1. The first kappa shape index (κ1) is 13.8. The number of hydrogen-bond donors (Lipinski definition) is 1. The molecule has 0 aliphatic heterocycles. The van der Waals surface area contributed by atoms with E-state index in [9.17, 15) is 0 Å². The van der Waals surface area contributed by atoms with Gasteiger partial charge in [0.05, 0.1) is 7.11 Å². The molecule has 0 aromatic heterocycles. The second kappa shape index (κ2) is 7.91. The van der Waals surface area contributed by atoms with Crippen LogP contribution in [-0.2, 0) is 0 Å². The number of hydrogen-bond acceptors (Lipinski definition) is 2. The maximum Gasteiger partial charge on any atom is 0.119 e. The Morgan fingerprint density at radius 2 is 2.29 bits per heavy atom. The van der Waals surface area contributed by atoms with Gasteiger partial charge in [0.25, 0.3) is 0 Å². The smallest absolute Gasteiger partial charge is 0.119 e. The second-order valence-electron chi connectivity index (χ2n) is 4.11. The van der Waals surface area contributed by atoms with Gasteiger partial charge in [0, 0.05) is 6.04 Å². The molecule has 0 heterocycles. The highest BCUT2D eigenvalue weighted by Gasteiger charge is 2.10. The minimum Gasteiger partial charge on any atom is -0.497 e. The molecule has 0 saturated carbocycles. The van der Waals surface area contributed by atoms with Crippen molar-refractivity contribution in [3.63, 3.8) is 0 Å². The molecule has 0 fully saturated rings. The average molecular weight is 233 g/mol. The van der Waals surface area contributed by atoms with Gasteiger partial charge in [-0.15, -0.1) is 6.58 Å². The third-order valence-electron chi connectivity index (χ3n) is 2.85. The first-order chi connectivity index (χ1) is 8.31. The van der Waals surface area contributed by atoms with Crippen LogP contribution in [0.15, 0.2) is 36.9 Å². The van der Waals surface area contributed by atoms with E-state index >= 15 is 0 Å². The molecule has 1 unspecified atom stereocenters. The van der Waals surface area contributed by atoms with Gasteiger partial charge in [-0.3, -0.25) is 0 Å². The molecule has 0 amide bonds. The van der Waals surface area contributed by atoms with Crippen LogP contribution in [-0.4, -0.2) is 13.7 Å². The molecule has 0 bridgehead atoms. The van der Waals surface area contributed by atoms with Gasteiger partial charge in [0.2, 0.25) is 0 Å². The Bertz CT molecular complexity index is 335. The standard InChI is InChI=1S/C15H23NO/c1-4-6-7-11-15(16-5-2)13-9-8-10-14(12-13)17-3/h4,8-10,12,15-16H,1,5-7,11H2,2-3H3. The monoisotopic (exact) mass is 233 g/mol. The van der Waals surface area contributed by atoms with Gasteiger partial charge in [0.15, 0.2) is 0 Å². The third-order valence-corrected chi connectivity index (χ3v) is 2.85. The highest BCUT2D eigenvalue weighted by Crippen LogP contribution is 2.23. The fourth-order valence-corrected chi connectivity index (χ4v) is 1.96. The molecule has 0 aliphatic carbocycles. The van der Waals surface area contributed by atoms with E-state index < -0.39 is 0 Å². The topological polar surface area (TPSA) is 21.3 Å². The molecule has 94 valence electrons. The molecule has 1 rings (SSSR count). The first-order valence-electron chi connectivity index (χ1n) is 6.30. The molecule has 0 radical (unpaired) electrons. The van der Waals surface area contributed by atoms with Gasteiger partial charge in [-0.2, -0.15) is 0 Å². The summed E-state index contributed by atoms with van der Waals surface area (Å²) in [6.07, 6.45) is 5.35. The van der Waals surface area contributed by atoms with E-state index in [1.807, 2.05) is 18.2 Å². The van der Waals surface area contributed by atoms with E-state index in [0.29, 0.717) is 6.04 Å². The fourth-order valence-electron chi connectivity index (χ4n) is 1.96. The number of unbranched alkanes of at least 4 members (excludes halogenated alkanes) is 1. The van der Waals surface area contributed by atoms with Crippen molar-refractivity contribution in [1.82, 2.24) is 5.32 Å². The van der Waals surface area contributed by atoms with Crippen LogP contribution in [0.4, 0.5) is 0 Å². The number of nitrogens with one attached hydrogen (secondary N) is 1. The van der Waals surface area contributed by atoms with Crippen molar-refractivity contribution in [3.05, 3.63) is 42.5 Å². The zero-order valence-corrected chi connectivity index (χ0v) is 10.9. The Morgan fingerprint density at radius 1 is 1.47 bits per heavy atom. The van der Waals surface area contributed by atoms with Gasteiger partial charge >= 0.3 is 0 Å². The minimum atomic E-state index is 0.412. The van der Waals surface area contributed by atoms with Crippen molar-refractivity contribution in [2.24, 2.45) is 0 Å². The van der Waals surface area contributed by atoms with Gasteiger partial charge in [-0.1, -0.05) is 25.1 Å². The van der Waals surface area contributed by atoms with E-state index in [0.717, 1.165) is 25.1 Å². The van der Waals surface area contributed by atoms with Gasteiger partial charge < -0.3 is 10.1 Å². The van der Waals surface area contributed by atoms with Crippen LogP contribution in [0.3, 0.4) is 0 Å². The van der Waals surface area contributed by atoms with Crippen LogP contribution in [0, 0.1) is 0 Å². The minimum absolute atomic E-state index is 0.412. The maximum absolute atomic E-state index is 5.26. The Hall–Kier alpha value is -1.28. The van der Waals surface area contributed by atoms with Gasteiger partial charge in [0.1, 0.15) is 5.75 Å². The van der Waals surface area contributed by atoms with E-state index in [1.165, 1.54) is 12.0 Å². The van der Waals surface area contributed by atoms with E-state index in [2.05, 4.69) is 31.0 Å². The summed E-state index contributed by atoms with van der Waals surface area (Å²) in [5.74, 6) is 0.925. The van der Waals surface area contributed by atoms with Crippen LogP contribution in [0.25, 0.3) is 0 Å². The Balaban J connectivity index is 2.69. The van der Waals surface area contributed by atoms with E-state index in [-0.39, 0.29) is 0 Å². The van der Waals surface area contributed by atoms with E-state index in [1.54, 1.807) is 7.11 Å². The molecule has 0 spiro atoms. The SMILES string of the molecule is C=CCCCC(NCC)c1cccc(OC)c1. The normalized spacial score (nSPS) is 12.1. The number of benzene rings is 1. The Morgan fingerprint density at radius 3 is 2.94 bits per heavy atom. The van der Waals surface area contributed by atoms with Crippen LogP contribution in [0.2, 0.25) is 0 Å². The second-order valence-corrected chi connectivity index (χ2v) is 4.11. The highest BCUT2D eigenvalue weighted by atomic mass is 16.5. The summed E-state index contributed by atoms with van der Waals surface area (Å²) < 4.78 is 5.26. The lowest BCUT2D eigenvalue weighted by molar-refractivity contribution is 0.412. The summed E-state index contributed by atoms with van der Waals surface area (Å²) in [5.41, 5.74) is 1.30. The van der Waals surface area contributed by atoms with Crippen molar-refractivity contribution in [3.8, 4) is 5.75 Å². The molecule has 1 N–H and O–H groups in total. The average Bonchev–Trinajstić information content (AvgIpc) is 2.38.